The van der Waals surface area contributed by atoms with E-state index in [-0.39, 0.29) is 11.3 Å². The van der Waals surface area contributed by atoms with Gasteiger partial charge in [-0.2, -0.15) is 11.8 Å². The number of hydrogen-bond acceptors (Lipinski definition) is 3. The van der Waals surface area contributed by atoms with Crippen LogP contribution in [0.5, 0.6) is 0 Å². The first kappa shape index (κ1) is 14.2. The zero-order chi connectivity index (χ0) is 13.1. The van der Waals surface area contributed by atoms with Crippen LogP contribution in [0.15, 0.2) is 0 Å². The zero-order valence-corrected chi connectivity index (χ0v) is 12.2. The second kappa shape index (κ2) is 5.83. The van der Waals surface area contributed by atoms with Crippen LogP contribution in [-0.2, 0) is 4.79 Å². The monoisotopic (exact) mass is 271 g/mol. The number of amides is 1. The molecule has 2 N–H and O–H groups in total. The quantitative estimate of drug-likeness (QED) is 0.775. The normalized spacial score (nSPS) is 31.9. The molecule has 1 saturated carbocycles. The summed E-state index contributed by atoms with van der Waals surface area (Å²) in [7, 11) is 0. The van der Waals surface area contributed by atoms with E-state index >= 15 is 0 Å². The Kier molecular flexibility index (Phi) is 4.59. The summed E-state index contributed by atoms with van der Waals surface area (Å²) in [5.74, 6) is 1.91. The van der Waals surface area contributed by atoms with E-state index in [0.717, 1.165) is 43.6 Å². The van der Waals surface area contributed by atoms with Gasteiger partial charge in [-0.15, -0.1) is 0 Å². The van der Waals surface area contributed by atoms with Crippen molar-refractivity contribution in [1.82, 2.24) is 5.32 Å². The van der Waals surface area contributed by atoms with Gasteiger partial charge < -0.3 is 10.4 Å². The lowest BCUT2D eigenvalue weighted by molar-refractivity contribution is -0.132. The van der Waals surface area contributed by atoms with Crippen LogP contribution in [0.4, 0.5) is 0 Å². The fourth-order valence-electron chi connectivity index (χ4n) is 2.93. The average molecular weight is 271 g/mol. The Morgan fingerprint density at radius 2 is 1.89 bits per heavy atom. The lowest BCUT2D eigenvalue weighted by atomic mass is 9.81. The molecular formula is C14H25NO2S. The molecule has 0 radical (unpaired) electrons. The summed E-state index contributed by atoms with van der Waals surface area (Å²) in [6, 6.07) is 0. The second-order valence-electron chi connectivity index (χ2n) is 6.18. The molecule has 0 aromatic rings. The van der Waals surface area contributed by atoms with Crippen LogP contribution in [0.1, 0.15) is 51.9 Å². The molecule has 1 heterocycles. The highest BCUT2D eigenvalue weighted by Gasteiger charge is 2.36. The number of rotatable bonds is 3. The van der Waals surface area contributed by atoms with Crippen LogP contribution < -0.4 is 5.32 Å². The standard InChI is InChI=1S/C14H25NO2S/c1-13(6-4-2-3-5-7-13)12(16)15-10-14(17)8-9-18-11-14/h17H,2-11H2,1H3,(H,15,16). The van der Waals surface area contributed by atoms with Crippen molar-refractivity contribution in [2.24, 2.45) is 5.41 Å². The molecule has 1 unspecified atom stereocenters. The van der Waals surface area contributed by atoms with Gasteiger partial charge in [-0.3, -0.25) is 4.79 Å². The largest absolute Gasteiger partial charge is 0.387 e. The van der Waals surface area contributed by atoms with E-state index in [1.165, 1.54) is 12.8 Å². The molecule has 2 aliphatic rings. The van der Waals surface area contributed by atoms with Gasteiger partial charge in [0.1, 0.15) is 0 Å². The van der Waals surface area contributed by atoms with Gasteiger partial charge in [0, 0.05) is 17.7 Å². The van der Waals surface area contributed by atoms with Crippen molar-refractivity contribution < 1.29 is 9.90 Å². The summed E-state index contributed by atoms with van der Waals surface area (Å²) in [6.45, 7) is 2.51. The predicted molar refractivity (Wildman–Crippen MR) is 75.7 cm³/mol. The Hall–Kier alpha value is -0.220. The van der Waals surface area contributed by atoms with Crippen LogP contribution in [0.25, 0.3) is 0 Å². The van der Waals surface area contributed by atoms with Crippen molar-refractivity contribution in [3.05, 3.63) is 0 Å². The smallest absolute Gasteiger partial charge is 0.226 e. The summed E-state index contributed by atoms with van der Waals surface area (Å²) in [5.41, 5.74) is -0.875. The minimum atomic E-state index is -0.665. The number of thioether (sulfide) groups is 1. The number of hydrogen-bond donors (Lipinski definition) is 2. The van der Waals surface area contributed by atoms with Crippen LogP contribution in [-0.4, -0.2) is 34.7 Å². The molecule has 1 aliphatic heterocycles. The third-order valence-corrected chi connectivity index (χ3v) is 5.65. The van der Waals surface area contributed by atoms with Gasteiger partial charge in [-0.05, 0) is 25.0 Å². The molecule has 1 atom stereocenters. The van der Waals surface area contributed by atoms with E-state index in [2.05, 4.69) is 12.2 Å². The maximum Gasteiger partial charge on any atom is 0.226 e. The lowest BCUT2D eigenvalue weighted by Crippen LogP contribution is -2.47. The molecule has 0 bridgehead atoms. The molecule has 18 heavy (non-hydrogen) atoms. The van der Waals surface area contributed by atoms with Gasteiger partial charge >= 0.3 is 0 Å². The number of carbonyl (C=O) groups is 1. The Morgan fingerprint density at radius 3 is 2.44 bits per heavy atom. The highest BCUT2D eigenvalue weighted by atomic mass is 32.2. The van der Waals surface area contributed by atoms with Gasteiger partial charge in [0.05, 0.1) is 5.60 Å². The van der Waals surface area contributed by atoms with E-state index < -0.39 is 5.60 Å². The molecule has 3 nitrogen and oxygen atoms in total. The Bertz CT molecular complexity index is 292. The van der Waals surface area contributed by atoms with E-state index in [0.29, 0.717) is 6.54 Å². The molecule has 1 amide bonds. The van der Waals surface area contributed by atoms with E-state index in [9.17, 15) is 9.90 Å². The summed E-state index contributed by atoms with van der Waals surface area (Å²) in [4.78, 5) is 12.3. The van der Waals surface area contributed by atoms with Gasteiger partial charge in [0.15, 0.2) is 0 Å². The summed E-state index contributed by atoms with van der Waals surface area (Å²) >= 11 is 1.77. The minimum Gasteiger partial charge on any atom is -0.387 e. The number of nitrogens with one attached hydrogen (secondary N) is 1. The fourth-order valence-corrected chi connectivity index (χ4v) is 4.23. The second-order valence-corrected chi connectivity index (χ2v) is 7.29. The maximum atomic E-state index is 12.3. The van der Waals surface area contributed by atoms with E-state index in [4.69, 9.17) is 0 Å². The van der Waals surface area contributed by atoms with Crippen molar-refractivity contribution >= 4 is 17.7 Å². The zero-order valence-electron chi connectivity index (χ0n) is 11.3. The number of carbonyl (C=O) groups excluding carboxylic acids is 1. The molecule has 2 rings (SSSR count). The van der Waals surface area contributed by atoms with Crippen LogP contribution in [0, 0.1) is 5.41 Å². The Balaban J connectivity index is 1.86. The summed E-state index contributed by atoms with van der Waals surface area (Å²) < 4.78 is 0. The van der Waals surface area contributed by atoms with Gasteiger partial charge in [-0.25, -0.2) is 0 Å². The topological polar surface area (TPSA) is 49.3 Å². The SMILES string of the molecule is CC1(C(=O)NCC2(O)CCSC2)CCCCCC1. The number of aliphatic hydroxyl groups is 1. The van der Waals surface area contributed by atoms with Crippen LogP contribution in [0.2, 0.25) is 0 Å². The summed E-state index contributed by atoms with van der Waals surface area (Å²) in [5, 5.41) is 13.2. The first-order valence-electron chi connectivity index (χ1n) is 7.13. The highest BCUT2D eigenvalue weighted by molar-refractivity contribution is 7.99. The van der Waals surface area contributed by atoms with Crippen molar-refractivity contribution in [1.29, 1.82) is 0 Å². The molecular weight excluding hydrogens is 246 g/mol. The van der Waals surface area contributed by atoms with Crippen LogP contribution >= 0.6 is 11.8 Å². The third kappa shape index (κ3) is 3.41. The molecule has 0 aromatic heterocycles. The summed E-state index contributed by atoms with van der Waals surface area (Å²) in [6.07, 6.45) is 7.60. The van der Waals surface area contributed by atoms with Gasteiger partial charge in [0.2, 0.25) is 5.91 Å². The molecule has 4 heteroatoms. The highest BCUT2D eigenvalue weighted by Crippen LogP contribution is 2.35. The average Bonchev–Trinajstić information content (AvgIpc) is 2.65. The van der Waals surface area contributed by atoms with Crippen LogP contribution in [0.3, 0.4) is 0 Å². The fraction of sp³-hybridized carbons (Fsp3) is 0.929. The maximum absolute atomic E-state index is 12.3. The lowest BCUT2D eigenvalue weighted by Gasteiger charge is -2.29. The Labute approximate surface area is 114 Å². The first-order valence-corrected chi connectivity index (χ1v) is 8.28. The van der Waals surface area contributed by atoms with Gasteiger partial charge in [0.25, 0.3) is 0 Å². The van der Waals surface area contributed by atoms with E-state index in [1.807, 2.05) is 0 Å². The van der Waals surface area contributed by atoms with Crippen molar-refractivity contribution in [2.75, 3.05) is 18.1 Å². The molecule has 0 spiro atoms. The Morgan fingerprint density at radius 1 is 1.22 bits per heavy atom. The van der Waals surface area contributed by atoms with Crippen molar-refractivity contribution in [3.8, 4) is 0 Å². The first-order chi connectivity index (χ1) is 8.54. The van der Waals surface area contributed by atoms with Crippen molar-refractivity contribution in [3.63, 3.8) is 0 Å². The third-order valence-electron chi connectivity index (χ3n) is 4.42. The minimum absolute atomic E-state index is 0.148. The van der Waals surface area contributed by atoms with Gasteiger partial charge in [-0.1, -0.05) is 32.6 Å². The molecule has 1 saturated heterocycles. The van der Waals surface area contributed by atoms with E-state index in [1.54, 1.807) is 11.8 Å². The predicted octanol–water partition coefficient (Wildman–Crippen LogP) is 2.33. The molecule has 2 fully saturated rings. The molecule has 104 valence electrons. The molecule has 1 aliphatic carbocycles. The van der Waals surface area contributed by atoms with Crippen molar-refractivity contribution in [2.45, 2.75) is 57.5 Å². The molecule has 0 aromatic carbocycles.